The van der Waals surface area contributed by atoms with Gasteiger partial charge in [-0.25, -0.2) is 0 Å². The summed E-state index contributed by atoms with van der Waals surface area (Å²) < 4.78 is 4.99. The molecular weight excluding hydrogens is 158 g/mol. The Balaban J connectivity index is 4.20. The molecule has 4 heteroatoms. The average molecular weight is 175 g/mol. The second-order valence-corrected chi connectivity index (χ2v) is 2.84. The maximum absolute atomic E-state index is 11.1. The number of carbonyl (C=O) groups is 1. The van der Waals surface area contributed by atoms with Crippen molar-refractivity contribution < 1.29 is 14.6 Å². The van der Waals surface area contributed by atoms with Gasteiger partial charge in [0.25, 0.3) is 0 Å². The second-order valence-electron chi connectivity index (χ2n) is 2.84. The van der Waals surface area contributed by atoms with Crippen molar-refractivity contribution in [1.82, 2.24) is 5.32 Å². The Morgan fingerprint density at radius 3 is 2.25 bits per heavy atom. The molecule has 0 rings (SSSR count). The number of hydrogen-bond donors (Lipinski definition) is 2. The number of carbonyl (C=O) groups excluding carboxylic acids is 1. The standard InChI is InChI=1S/C8H17NO3/c1-5(8(11)9-3)7(12-4)6(2)10/h5-7,10H,1-4H3,(H,9,11)/t5?,6?,7-/m1/s1. The lowest BCUT2D eigenvalue weighted by Gasteiger charge is -2.23. The number of ether oxygens (including phenoxy) is 1. The summed E-state index contributed by atoms with van der Waals surface area (Å²) in [5.74, 6) is -0.456. The predicted octanol–water partition coefficient (Wildman–Crippen LogP) is -0.236. The van der Waals surface area contributed by atoms with E-state index in [1.807, 2.05) is 0 Å². The molecule has 0 aromatic rings. The monoisotopic (exact) mass is 175 g/mol. The predicted molar refractivity (Wildman–Crippen MR) is 45.7 cm³/mol. The van der Waals surface area contributed by atoms with Crippen LogP contribution in [-0.4, -0.2) is 37.4 Å². The second kappa shape index (κ2) is 5.11. The van der Waals surface area contributed by atoms with E-state index < -0.39 is 12.2 Å². The van der Waals surface area contributed by atoms with E-state index in [1.54, 1.807) is 20.9 Å². The van der Waals surface area contributed by atoms with E-state index in [2.05, 4.69) is 5.32 Å². The van der Waals surface area contributed by atoms with E-state index in [-0.39, 0.29) is 11.8 Å². The van der Waals surface area contributed by atoms with Gasteiger partial charge in [0, 0.05) is 14.2 Å². The van der Waals surface area contributed by atoms with Gasteiger partial charge in [-0.2, -0.15) is 0 Å². The maximum atomic E-state index is 11.1. The van der Waals surface area contributed by atoms with E-state index in [0.29, 0.717) is 0 Å². The van der Waals surface area contributed by atoms with Gasteiger partial charge in [-0.3, -0.25) is 4.79 Å². The van der Waals surface area contributed by atoms with Gasteiger partial charge in [-0.1, -0.05) is 6.92 Å². The Hall–Kier alpha value is -0.610. The lowest BCUT2D eigenvalue weighted by molar-refractivity contribution is -0.131. The van der Waals surface area contributed by atoms with Crippen molar-refractivity contribution in [2.45, 2.75) is 26.1 Å². The molecule has 0 fully saturated rings. The van der Waals surface area contributed by atoms with Crippen LogP contribution in [0.3, 0.4) is 0 Å². The summed E-state index contributed by atoms with van der Waals surface area (Å²) in [5, 5.41) is 11.7. The van der Waals surface area contributed by atoms with Crippen molar-refractivity contribution in [2.24, 2.45) is 5.92 Å². The summed E-state index contributed by atoms with van der Waals surface area (Å²) >= 11 is 0. The van der Waals surface area contributed by atoms with Crippen LogP contribution >= 0.6 is 0 Å². The fraction of sp³-hybridized carbons (Fsp3) is 0.875. The first-order chi connectivity index (χ1) is 5.54. The first-order valence-corrected chi connectivity index (χ1v) is 3.97. The first-order valence-electron chi connectivity index (χ1n) is 3.97. The van der Waals surface area contributed by atoms with E-state index in [4.69, 9.17) is 4.74 Å². The number of aliphatic hydroxyl groups is 1. The molecule has 4 nitrogen and oxygen atoms in total. The van der Waals surface area contributed by atoms with Gasteiger partial charge in [0.15, 0.2) is 0 Å². The van der Waals surface area contributed by atoms with Crippen LogP contribution in [0.25, 0.3) is 0 Å². The lowest BCUT2D eigenvalue weighted by atomic mass is 10.00. The third-order valence-electron chi connectivity index (χ3n) is 1.90. The minimum atomic E-state index is -0.637. The highest BCUT2D eigenvalue weighted by atomic mass is 16.5. The quantitative estimate of drug-likeness (QED) is 0.620. The number of methoxy groups -OCH3 is 1. The molecule has 2 unspecified atom stereocenters. The molecule has 0 saturated heterocycles. The zero-order valence-corrected chi connectivity index (χ0v) is 8.00. The van der Waals surface area contributed by atoms with E-state index in [9.17, 15) is 9.90 Å². The topological polar surface area (TPSA) is 58.6 Å². The molecule has 0 saturated carbocycles. The van der Waals surface area contributed by atoms with Crippen molar-refractivity contribution in [1.29, 1.82) is 0 Å². The Morgan fingerprint density at radius 2 is 2.00 bits per heavy atom. The smallest absolute Gasteiger partial charge is 0.225 e. The van der Waals surface area contributed by atoms with E-state index in [1.165, 1.54) is 7.11 Å². The van der Waals surface area contributed by atoms with E-state index in [0.717, 1.165) is 0 Å². The maximum Gasteiger partial charge on any atom is 0.225 e. The number of hydrogen-bond acceptors (Lipinski definition) is 3. The molecule has 0 spiro atoms. The van der Waals surface area contributed by atoms with Crippen LogP contribution in [0.1, 0.15) is 13.8 Å². The van der Waals surface area contributed by atoms with E-state index >= 15 is 0 Å². The largest absolute Gasteiger partial charge is 0.391 e. The van der Waals surface area contributed by atoms with Crippen LogP contribution < -0.4 is 5.32 Å². The normalized spacial score (nSPS) is 18.1. The zero-order chi connectivity index (χ0) is 9.72. The fourth-order valence-electron chi connectivity index (χ4n) is 1.20. The van der Waals surface area contributed by atoms with Crippen molar-refractivity contribution >= 4 is 5.91 Å². The van der Waals surface area contributed by atoms with Gasteiger partial charge in [-0.15, -0.1) is 0 Å². The number of nitrogens with one attached hydrogen (secondary N) is 1. The van der Waals surface area contributed by atoms with Gasteiger partial charge >= 0.3 is 0 Å². The zero-order valence-electron chi connectivity index (χ0n) is 8.00. The summed E-state index contributed by atoms with van der Waals surface area (Å²) in [7, 11) is 3.05. The van der Waals surface area contributed by atoms with Gasteiger partial charge in [-0.05, 0) is 6.92 Å². The Bertz CT molecular complexity index is 147. The molecule has 1 amide bonds. The number of aliphatic hydroxyl groups excluding tert-OH is 1. The van der Waals surface area contributed by atoms with Gasteiger partial charge < -0.3 is 15.2 Å². The molecule has 0 aromatic heterocycles. The van der Waals surface area contributed by atoms with Crippen LogP contribution in [0.5, 0.6) is 0 Å². The lowest BCUT2D eigenvalue weighted by Crippen LogP contribution is -2.40. The van der Waals surface area contributed by atoms with Gasteiger partial charge in [0.05, 0.1) is 18.1 Å². The molecule has 0 heterocycles. The Labute approximate surface area is 72.9 Å². The van der Waals surface area contributed by atoms with Crippen LogP contribution in [0, 0.1) is 5.92 Å². The van der Waals surface area contributed by atoms with Gasteiger partial charge in [0.2, 0.25) is 5.91 Å². The number of amides is 1. The van der Waals surface area contributed by atoms with Crippen molar-refractivity contribution in [2.75, 3.05) is 14.2 Å². The fourth-order valence-corrected chi connectivity index (χ4v) is 1.20. The highest BCUT2D eigenvalue weighted by Crippen LogP contribution is 2.10. The molecule has 0 aliphatic rings. The molecule has 12 heavy (non-hydrogen) atoms. The van der Waals surface area contributed by atoms with Crippen LogP contribution in [-0.2, 0) is 9.53 Å². The van der Waals surface area contributed by atoms with Crippen molar-refractivity contribution in [3.8, 4) is 0 Å². The summed E-state index contributed by atoms with van der Waals surface area (Å²) in [6, 6.07) is 0. The molecule has 3 atom stereocenters. The number of rotatable bonds is 4. The molecule has 0 radical (unpaired) electrons. The van der Waals surface area contributed by atoms with Crippen LogP contribution in [0.15, 0.2) is 0 Å². The molecular formula is C8H17NO3. The summed E-state index contributed by atoms with van der Waals surface area (Å²) in [4.78, 5) is 11.1. The third kappa shape index (κ3) is 2.79. The average Bonchev–Trinajstić information content (AvgIpc) is 2.03. The molecule has 0 aromatic carbocycles. The van der Waals surface area contributed by atoms with Crippen LogP contribution in [0.2, 0.25) is 0 Å². The minimum absolute atomic E-state index is 0.122. The molecule has 0 aliphatic heterocycles. The Kier molecular flexibility index (Phi) is 4.85. The SMILES string of the molecule is CNC(=O)C(C)[C@@H](OC)C(C)O. The van der Waals surface area contributed by atoms with Gasteiger partial charge in [0.1, 0.15) is 0 Å². The van der Waals surface area contributed by atoms with Crippen molar-refractivity contribution in [3.63, 3.8) is 0 Å². The minimum Gasteiger partial charge on any atom is -0.391 e. The van der Waals surface area contributed by atoms with Crippen LogP contribution in [0.4, 0.5) is 0 Å². The summed E-state index contributed by atoms with van der Waals surface area (Å²) in [5.41, 5.74) is 0. The van der Waals surface area contributed by atoms with Crippen molar-refractivity contribution in [3.05, 3.63) is 0 Å². The summed E-state index contributed by atoms with van der Waals surface area (Å²) in [6.07, 6.45) is -1.08. The highest BCUT2D eigenvalue weighted by molar-refractivity contribution is 5.78. The highest BCUT2D eigenvalue weighted by Gasteiger charge is 2.26. The molecule has 0 bridgehead atoms. The molecule has 0 aliphatic carbocycles. The third-order valence-corrected chi connectivity index (χ3v) is 1.90. The molecule has 2 N–H and O–H groups in total. The first kappa shape index (κ1) is 11.4. The molecule has 72 valence electrons. The summed E-state index contributed by atoms with van der Waals surface area (Å²) in [6.45, 7) is 3.33. The Morgan fingerprint density at radius 1 is 1.50 bits per heavy atom.